The van der Waals surface area contributed by atoms with Gasteiger partial charge in [0.05, 0.1) is 11.4 Å². The first-order valence-corrected chi connectivity index (χ1v) is 13.9. The van der Waals surface area contributed by atoms with Crippen molar-refractivity contribution >= 4 is 17.3 Å². The topological polar surface area (TPSA) is 44.8 Å². The third kappa shape index (κ3) is 4.61. The highest BCUT2D eigenvalue weighted by Gasteiger charge is 2.42. The van der Waals surface area contributed by atoms with E-state index in [1.54, 1.807) is 0 Å². The molecule has 3 aliphatic rings. The van der Waals surface area contributed by atoms with Gasteiger partial charge in [-0.15, -0.1) is 0 Å². The average molecular weight is 496 g/mol. The van der Waals surface area contributed by atoms with Crippen LogP contribution in [-0.4, -0.2) is 47.4 Å². The van der Waals surface area contributed by atoms with Crippen molar-refractivity contribution in [2.24, 2.45) is 0 Å². The Hall–Kier alpha value is -3.31. The Labute approximate surface area is 220 Å². The summed E-state index contributed by atoms with van der Waals surface area (Å²) in [6, 6.07) is 24.2. The van der Waals surface area contributed by atoms with Crippen molar-refractivity contribution in [2.75, 3.05) is 25.0 Å². The monoisotopic (exact) mass is 495 g/mol. The van der Waals surface area contributed by atoms with Crippen molar-refractivity contribution in [2.45, 2.75) is 64.0 Å². The van der Waals surface area contributed by atoms with E-state index < -0.39 is 0 Å². The van der Waals surface area contributed by atoms with Crippen molar-refractivity contribution < 1.29 is 9.53 Å². The van der Waals surface area contributed by atoms with E-state index in [1.165, 1.54) is 24.0 Å². The molecule has 5 heteroatoms. The Bertz CT molecular complexity index is 1260. The molecule has 0 aliphatic carbocycles. The first kappa shape index (κ1) is 24.1. The first-order valence-electron chi connectivity index (χ1n) is 13.9. The third-order valence-corrected chi connectivity index (χ3v) is 8.62. The summed E-state index contributed by atoms with van der Waals surface area (Å²) in [4.78, 5) is 18.1. The quantitative estimate of drug-likeness (QED) is 0.301. The highest BCUT2D eigenvalue weighted by molar-refractivity contribution is 5.96. The van der Waals surface area contributed by atoms with Gasteiger partial charge in [-0.3, -0.25) is 9.69 Å². The molecule has 1 N–H and O–H groups in total. The summed E-state index contributed by atoms with van der Waals surface area (Å²) in [6.07, 6.45) is 5.90. The van der Waals surface area contributed by atoms with Gasteiger partial charge in [0.1, 0.15) is 0 Å². The van der Waals surface area contributed by atoms with E-state index in [1.807, 2.05) is 43.0 Å². The van der Waals surface area contributed by atoms with Gasteiger partial charge in [-0.25, -0.2) is 0 Å². The number of nitrogens with one attached hydrogen (secondary N) is 1. The molecule has 2 atom stereocenters. The Balaban J connectivity index is 1.30. The van der Waals surface area contributed by atoms with Gasteiger partial charge in [0.25, 0.3) is 5.91 Å². The van der Waals surface area contributed by atoms with E-state index in [-0.39, 0.29) is 5.91 Å². The van der Waals surface area contributed by atoms with Gasteiger partial charge in [-0.05, 0) is 87.3 Å². The fourth-order valence-corrected chi connectivity index (χ4v) is 6.70. The number of ether oxygens (including phenoxy) is 1. The van der Waals surface area contributed by atoms with Crippen LogP contribution in [0.4, 0.5) is 11.4 Å². The average Bonchev–Trinajstić information content (AvgIpc) is 3.17. The third-order valence-electron chi connectivity index (χ3n) is 8.62. The van der Waals surface area contributed by atoms with Gasteiger partial charge >= 0.3 is 0 Å². The van der Waals surface area contributed by atoms with E-state index in [0.29, 0.717) is 31.1 Å². The zero-order chi connectivity index (χ0) is 25.4. The molecule has 0 aromatic heterocycles. The molecular formula is C32H37N3O2. The van der Waals surface area contributed by atoms with Crippen molar-refractivity contribution in [1.82, 2.24) is 9.80 Å². The van der Waals surface area contributed by atoms with Crippen LogP contribution < -0.4 is 10.1 Å². The minimum Gasteiger partial charge on any atom is -0.453 e. The molecule has 0 spiro atoms. The van der Waals surface area contributed by atoms with Crippen molar-refractivity contribution in [1.29, 1.82) is 0 Å². The summed E-state index contributed by atoms with van der Waals surface area (Å²) in [5, 5.41) is 3.67. The summed E-state index contributed by atoms with van der Waals surface area (Å²) in [5.74, 6) is 2.07. The smallest absolute Gasteiger partial charge is 0.253 e. The molecule has 0 radical (unpaired) electrons. The van der Waals surface area contributed by atoms with Gasteiger partial charge < -0.3 is 15.0 Å². The van der Waals surface area contributed by atoms with E-state index in [0.717, 1.165) is 54.2 Å². The molecule has 192 valence electrons. The molecule has 0 saturated carbocycles. The van der Waals surface area contributed by atoms with E-state index in [4.69, 9.17) is 4.74 Å². The SMILES string of the molecule is CCN(CC)C(=O)c1cc2c(c(C3CC4CCC(C3)N4CCc3ccccc3)c1)Nc1ccccc1O2. The molecule has 37 heavy (non-hydrogen) atoms. The number of rotatable bonds is 7. The van der Waals surface area contributed by atoms with E-state index in [2.05, 4.69) is 52.7 Å². The van der Waals surface area contributed by atoms with Gasteiger partial charge in [-0.2, -0.15) is 0 Å². The van der Waals surface area contributed by atoms with Gasteiger partial charge in [0.15, 0.2) is 11.5 Å². The Kier molecular flexibility index (Phi) is 6.64. The Morgan fingerprint density at radius 1 is 0.946 bits per heavy atom. The summed E-state index contributed by atoms with van der Waals surface area (Å²) in [5.41, 5.74) is 5.42. The number of amides is 1. The second-order valence-electron chi connectivity index (χ2n) is 10.7. The molecule has 3 aliphatic heterocycles. The van der Waals surface area contributed by atoms with Gasteiger partial charge in [0.2, 0.25) is 0 Å². The molecule has 5 nitrogen and oxygen atoms in total. The summed E-state index contributed by atoms with van der Waals surface area (Å²) in [7, 11) is 0. The molecule has 3 aromatic rings. The number of benzene rings is 3. The first-order chi connectivity index (χ1) is 18.1. The summed E-state index contributed by atoms with van der Waals surface area (Å²) < 4.78 is 6.38. The molecule has 2 saturated heterocycles. The molecule has 1 amide bonds. The van der Waals surface area contributed by atoms with Gasteiger partial charge in [-0.1, -0.05) is 42.5 Å². The minimum atomic E-state index is 0.0831. The van der Waals surface area contributed by atoms with Crippen LogP contribution in [0.1, 0.15) is 66.9 Å². The lowest BCUT2D eigenvalue weighted by Crippen LogP contribution is -2.43. The number of hydrogen-bond donors (Lipinski definition) is 1. The lowest BCUT2D eigenvalue weighted by Gasteiger charge is -2.40. The maximum absolute atomic E-state index is 13.4. The van der Waals surface area contributed by atoms with Crippen LogP contribution in [0.2, 0.25) is 0 Å². The molecule has 3 heterocycles. The largest absolute Gasteiger partial charge is 0.453 e. The second kappa shape index (κ2) is 10.2. The van der Waals surface area contributed by atoms with E-state index in [9.17, 15) is 4.79 Å². The number of piperidine rings is 1. The zero-order valence-electron chi connectivity index (χ0n) is 22.0. The summed E-state index contributed by atoms with van der Waals surface area (Å²) >= 11 is 0. The van der Waals surface area contributed by atoms with Crippen molar-refractivity contribution in [3.8, 4) is 11.5 Å². The highest BCUT2D eigenvalue weighted by atomic mass is 16.5. The molecule has 2 fully saturated rings. The van der Waals surface area contributed by atoms with Gasteiger partial charge in [0, 0.05) is 37.3 Å². The van der Waals surface area contributed by atoms with Crippen LogP contribution >= 0.6 is 0 Å². The second-order valence-corrected chi connectivity index (χ2v) is 10.7. The van der Waals surface area contributed by atoms with Crippen molar-refractivity contribution in [3.05, 3.63) is 83.4 Å². The predicted molar refractivity (Wildman–Crippen MR) is 149 cm³/mol. The molecule has 6 rings (SSSR count). The maximum atomic E-state index is 13.4. The molecular weight excluding hydrogens is 458 g/mol. The van der Waals surface area contributed by atoms with Crippen molar-refractivity contribution in [3.63, 3.8) is 0 Å². The van der Waals surface area contributed by atoms with Crippen LogP contribution in [-0.2, 0) is 6.42 Å². The van der Waals surface area contributed by atoms with Crippen LogP contribution in [0.15, 0.2) is 66.7 Å². The Morgan fingerprint density at radius 2 is 1.65 bits per heavy atom. The number of carbonyl (C=O) groups is 1. The Morgan fingerprint density at radius 3 is 2.38 bits per heavy atom. The lowest BCUT2D eigenvalue weighted by atomic mass is 9.82. The van der Waals surface area contributed by atoms with Crippen LogP contribution in [0.3, 0.4) is 0 Å². The fraction of sp³-hybridized carbons (Fsp3) is 0.406. The lowest BCUT2D eigenvalue weighted by molar-refractivity contribution is 0.0772. The normalized spacial score (nSPS) is 21.9. The zero-order valence-corrected chi connectivity index (χ0v) is 22.0. The minimum absolute atomic E-state index is 0.0831. The number of anilines is 2. The number of hydrogen-bond acceptors (Lipinski definition) is 4. The number of carbonyl (C=O) groups excluding carboxylic acids is 1. The predicted octanol–water partition coefficient (Wildman–Crippen LogP) is 6.97. The van der Waals surface area contributed by atoms with Crippen LogP contribution in [0.5, 0.6) is 11.5 Å². The highest BCUT2D eigenvalue weighted by Crippen LogP contribution is 2.50. The number of nitrogens with zero attached hydrogens (tertiary/aromatic N) is 2. The summed E-state index contributed by atoms with van der Waals surface area (Å²) in [6.45, 7) is 6.61. The fourth-order valence-electron chi connectivity index (χ4n) is 6.70. The van der Waals surface area contributed by atoms with Crippen LogP contribution in [0, 0.1) is 0 Å². The molecule has 2 unspecified atom stereocenters. The number of fused-ring (bicyclic) bond motifs is 4. The van der Waals surface area contributed by atoms with Crippen LogP contribution in [0.25, 0.3) is 0 Å². The number of para-hydroxylation sites is 2. The van der Waals surface area contributed by atoms with E-state index >= 15 is 0 Å². The standard InChI is InChI=1S/C32H37N3O2/c1-3-34(4-2)32(36)24-20-27(31-30(21-24)37-29-13-9-8-12-28(29)33-31)23-18-25-14-15-26(19-23)35(25)17-16-22-10-6-5-7-11-22/h5-13,20-21,23,25-26,33H,3-4,14-19H2,1-2H3. The molecule has 2 bridgehead atoms. The maximum Gasteiger partial charge on any atom is 0.253 e. The molecule has 3 aromatic carbocycles.